The zero-order valence-corrected chi connectivity index (χ0v) is 13.7. The molecule has 120 valence electrons. The van der Waals surface area contributed by atoms with Crippen LogP contribution in [0.5, 0.6) is 0 Å². The number of nitrogens with two attached hydrogens (primary N) is 1. The zero-order valence-electron chi connectivity index (χ0n) is 13.7. The summed E-state index contributed by atoms with van der Waals surface area (Å²) in [6.07, 6.45) is 7.67. The number of nitrogens with zero attached hydrogens (tertiary/aromatic N) is 2. The van der Waals surface area contributed by atoms with Gasteiger partial charge in [-0.1, -0.05) is 37.8 Å². The van der Waals surface area contributed by atoms with Gasteiger partial charge < -0.3 is 15.0 Å². The van der Waals surface area contributed by atoms with E-state index in [1.165, 1.54) is 12.8 Å². The van der Waals surface area contributed by atoms with Crippen molar-refractivity contribution in [1.29, 1.82) is 0 Å². The lowest BCUT2D eigenvalue weighted by molar-refractivity contribution is -0.0636. The highest BCUT2D eigenvalue weighted by Crippen LogP contribution is 2.39. The van der Waals surface area contributed by atoms with Crippen LogP contribution in [0.3, 0.4) is 0 Å². The molecule has 1 aromatic rings. The van der Waals surface area contributed by atoms with Crippen molar-refractivity contribution in [3.63, 3.8) is 0 Å². The minimum atomic E-state index is -0.365. The molecule has 21 heavy (non-hydrogen) atoms. The number of hydrogen-bond acceptors (Lipinski definition) is 5. The van der Waals surface area contributed by atoms with E-state index < -0.39 is 0 Å². The molecule has 1 saturated carbocycles. The van der Waals surface area contributed by atoms with Crippen molar-refractivity contribution in [2.24, 2.45) is 5.73 Å². The van der Waals surface area contributed by atoms with Crippen LogP contribution in [0, 0.1) is 0 Å². The fourth-order valence-electron chi connectivity index (χ4n) is 3.05. The van der Waals surface area contributed by atoms with Gasteiger partial charge >= 0.3 is 0 Å². The van der Waals surface area contributed by atoms with Crippen LogP contribution in [-0.2, 0) is 15.8 Å². The Labute approximate surface area is 127 Å². The van der Waals surface area contributed by atoms with Crippen molar-refractivity contribution in [1.82, 2.24) is 10.1 Å². The average molecular weight is 295 g/mol. The molecule has 2 N–H and O–H groups in total. The van der Waals surface area contributed by atoms with Crippen LogP contribution in [0.2, 0.25) is 0 Å². The summed E-state index contributed by atoms with van der Waals surface area (Å²) < 4.78 is 11.7. The zero-order chi connectivity index (χ0) is 15.3. The SMILES string of the molecule is CCOC1(c2noc(C(C)(CC)CN)n2)CCCCCC1. The molecule has 0 aliphatic heterocycles. The largest absolute Gasteiger partial charge is 0.367 e. The number of rotatable bonds is 6. The van der Waals surface area contributed by atoms with E-state index in [1.807, 2.05) is 6.92 Å². The Balaban J connectivity index is 2.31. The first-order valence-corrected chi connectivity index (χ1v) is 8.29. The molecule has 0 radical (unpaired) electrons. The summed E-state index contributed by atoms with van der Waals surface area (Å²) in [7, 11) is 0. The lowest BCUT2D eigenvalue weighted by atomic mass is 9.87. The molecule has 1 fully saturated rings. The molecule has 1 atom stereocenters. The third-order valence-electron chi connectivity index (χ3n) is 4.91. The summed E-state index contributed by atoms with van der Waals surface area (Å²) in [5, 5.41) is 4.27. The summed E-state index contributed by atoms with van der Waals surface area (Å²) in [5.41, 5.74) is 5.28. The fourth-order valence-corrected chi connectivity index (χ4v) is 3.05. The maximum atomic E-state index is 6.11. The van der Waals surface area contributed by atoms with Crippen LogP contribution in [0.25, 0.3) is 0 Å². The van der Waals surface area contributed by atoms with E-state index in [1.54, 1.807) is 0 Å². The highest BCUT2D eigenvalue weighted by Gasteiger charge is 2.40. The highest BCUT2D eigenvalue weighted by atomic mass is 16.5. The standard InChI is InChI=1S/C16H29N3O2/c1-4-15(3,12-17)14-18-13(19-21-14)16(20-5-2)10-8-6-7-9-11-16/h4-12,17H2,1-3H3. The van der Waals surface area contributed by atoms with Crippen LogP contribution >= 0.6 is 0 Å². The normalized spacial score (nSPS) is 21.7. The Kier molecular flexibility index (Phi) is 5.38. The molecule has 1 aliphatic rings. The predicted molar refractivity (Wildman–Crippen MR) is 82.0 cm³/mol. The molecule has 0 bridgehead atoms. The number of aromatic nitrogens is 2. The van der Waals surface area contributed by atoms with Gasteiger partial charge in [-0.15, -0.1) is 0 Å². The monoisotopic (exact) mass is 295 g/mol. The van der Waals surface area contributed by atoms with Gasteiger partial charge in [-0.3, -0.25) is 0 Å². The van der Waals surface area contributed by atoms with Crippen LogP contribution in [0.4, 0.5) is 0 Å². The van der Waals surface area contributed by atoms with E-state index in [0.29, 0.717) is 19.0 Å². The van der Waals surface area contributed by atoms with E-state index in [2.05, 4.69) is 19.0 Å². The molecule has 0 amide bonds. The second-order valence-corrected chi connectivity index (χ2v) is 6.38. The van der Waals surface area contributed by atoms with Crippen molar-refractivity contribution in [3.05, 3.63) is 11.7 Å². The smallest absolute Gasteiger partial charge is 0.233 e. The summed E-state index contributed by atoms with van der Waals surface area (Å²) >= 11 is 0. The lowest BCUT2D eigenvalue weighted by Gasteiger charge is -2.29. The second-order valence-electron chi connectivity index (χ2n) is 6.38. The van der Waals surface area contributed by atoms with Gasteiger partial charge in [0.15, 0.2) is 0 Å². The Morgan fingerprint density at radius 3 is 2.43 bits per heavy atom. The molecule has 5 heteroatoms. The van der Waals surface area contributed by atoms with Crippen molar-refractivity contribution in [3.8, 4) is 0 Å². The summed E-state index contributed by atoms with van der Waals surface area (Å²) in [5.74, 6) is 1.36. The molecule has 1 aliphatic carbocycles. The average Bonchev–Trinajstić information content (AvgIpc) is 2.90. The molecule has 5 nitrogen and oxygen atoms in total. The van der Waals surface area contributed by atoms with Crippen LogP contribution < -0.4 is 5.73 Å². The van der Waals surface area contributed by atoms with Crippen molar-refractivity contribution in [2.75, 3.05) is 13.2 Å². The third-order valence-corrected chi connectivity index (χ3v) is 4.91. The molecular weight excluding hydrogens is 266 g/mol. The van der Waals surface area contributed by atoms with E-state index in [9.17, 15) is 0 Å². The van der Waals surface area contributed by atoms with Crippen LogP contribution in [-0.4, -0.2) is 23.3 Å². The van der Waals surface area contributed by atoms with E-state index in [-0.39, 0.29) is 11.0 Å². The minimum Gasteiger partial charge on any atom is -0.367 e. The number of hydrogen-bond donors (Lipinski definition) is 1. The topological polar surface area (TPSA) is 74.2 Å². The Morgan fingerprint density at radius 1 is 1.24 bits per heavy atom. The maximum absolute atomic E-state index is 6.11. The lowest BCUT2D eigenvalue weighted by Crippen LogP contribution is -2.33. The molecule has 2 rings (SSSR count). The van der Waals surface area contributed by atoms with Crippen molar-refractivity contribution in [2.45, 2.75) is 76.7 Å². The van der Waals surface area contributed by atoms with E-state index >= 15 is 0 Å². The van der Waals surface area contributed by atoms with Gasteiger partial charge in [-0.25, -0.2) is 0 Å². The molecule has 0 saturated heterocycles. The molecule has 1 heterocycles. The Bertz CT molecular complexity index is 432. The Hall–Kier alpha value is -0.940. The van der Waals surface area contributed by atoms with Gasteiger partial charge in [0.05, 0.1) is 5.41 Å². The fraction of sp³-hybridized carbons (Fsp3) is 0.875. The molecule has 1 unspecified atom stereocenters. The van der Waals surface area contributed by atoms with Crippen molar-refractivity contribution < 1.29 is 9.26 Å². The summed E-state index contributed by atoms with van der Waals surface area (Å²) in [6.45, 7) is 7.38. The van der Waals surface area contributed by atoms with Gasteiger partial charge in [0, 0.05) is 13.2 Å². The highest BCUT2D eigenvalue weighted by molar-refractivity contribution is 5.09. The molecular formula is C16H29N3O2. The molecule has 1 aromatic heterocycles. The first-order chi connectivity index (χ1) is 10.1. The Morgan fingerprint density at radius 2 is 1.90 bits per heavy atom. The van der Waals surface area contributed by atoms with Gasteiger partial charge in [0.1, 0.15) is 5.60 Å². The van der Waals surface area contributed by atoms with Crippen molar-refractivity contribution >= 4 is 0 Å². The van der Waals surface area contributed by atoms with E-state index in [0.717, 1.165) is 37.9 Å². The quantitative estimate of drug-likeness (QED) is 0.815. The predicted octanol–water partition coefficient (Wildman–Crippen LogP) is 3.28. The summed E-state index contributed by atoms with van der Waals surface area (Å²) in [6, 6.07) is 0. The van der Waals surface area contributed by atoms with E-state index in [4.69, 9.17) is 20.0 Å². The maximum Gasteiger partial charge on any atom is 0.233 e. The first-order valence-electron chi connectivity index (χ1n) is 8.29. The van der Waals surface area contributed by atoms with Gasteiger partial charge in [-0.05, 0) is 33.1 Å². The molecule has 0 aromatic carbocycles. The van der Waals surface area contributed by atoms with Gasteiger partial charge in [0.25, 0.3) is 0 Å². The second kappa shape index (κ2) is 6.88. The molecule has 0 spiro atoms. The minimum absolute atomic E-state index is 0.247. The third kappa shape index (κ3) is 3.29. The van der Waals surface area contributed by atoms with Crippen LogP contribution in [0.15, 0.2) is 4.52 Å². The first kappa shape index (κ1) is 16.4. The summed E-state index contributed by atoms with van der Waals surface area (Å²) in [4.78, 5) is 4.70. The van der Waals surface area contributed by atoms with Crippen LogP contribution in [0.1, 0.15) is 77.4 Å². The van der Waals surface area contributed by atoms with Gasteiger partial charge in [0.2, 0.25) is 11.7 Å². The van der Waals surface area contributed by atoms with Gasteiger partial charge in [-0.2, -0.15) is 4.98 Å². The number of ether oxygens (including phenoxy) is 1.